The SMILES string of the molecule is CCc1nn(C)cc1-c1nc(C(C)C)n(C(C)C)c1N. The Morgan fingerprint density at radius 1 is 1.25 bits per heavy atom. The molecule has 2 N–H and O–H groups in total. The molecular formula is C15H25N5. The molecule has 0 bridgehead atoms. The normalized spacial score (nSPS) is 11.8. The number of hydrogen-bond acceptors (Lipinski definition) is 3. The van der Waals surface area contributed by atoms with Gasteiger partial charge in [0.05, 0.1) is 5.69 Å². The van der Waals surface area contributed by atoms with Crippen molar-refractivity contribution in [2.24, 2.45) is 7.05 Å². The topological polar surface area (TPSA) is 61.7 Å². The van der Waals surface area contributed by atoms with Crippen LogP contribution in [0.15, 0.2) is 6.20 Å². The van der Waals surface area contributed by atoms with Gasteiger partial charge in [-0.1, -0.05) is 20.8 Å². The van der Waals surface area contributed by atoms with Crippen LogP contribution in [0.4, 0.5) is 5.82 Å². The first-order chi connectivity index (χ1) is 9.36. The van der Waals surface area contributed by atoms with Gasteiger partial charge >= 0.3 is 0 Å². The predicted molar refractivity (Wildman–Crippen MR) is 82.7 cm³/mol. The van der Waals surface area contributed by atoms with E-state index in [-0.39, 0.29) is 0 Å². The summed E-state index contributed by atoms with van der Waals surface area (Å²) in [5.41, 5.74) is 9.33. The first kappa shape index (κ1) is 14.6. The highest BCUT2D eigenvalue weighted by atomic mass is 15.3. The van der Waals surface area contributed by atoms with Crippen LogP contribution >= 0.6 is 0 Å². The monoisotopic (exact) mass is 275 g/mol. The van der Waals surface area contributed by atoms with Gasteiger partial charge in [0.15, 0.2) is 0 Å². The predicted octanol–water partition coefficient (Wildman–Crippen LogP) is 3.13. The van der Waals surface area contributed by atoms with Gasteiger partial charge in [0.2, 0.25) is 0 Å². The second-order valence-electron chi connectivity index (χ2n) is 5.84. The van der Waals surface area contributed by atoms with E-state index in [1.807, 2.05) is 17.9 Å². The Morgan fingerprint density at radius 3 is 2.35 bits per heavy atom. The number of rotatable bonds is 4. The van der Waals surface area contributed by atoms with Gasteiger partial charge in [-0.2, -0.15) is 5.10 Å². The highest BCUT2D eigenvalue weighted by Gasteiger charge is 2.22. The number of anilines is 1. The summed E-state index contributed by atoms with van der Waals surface area (Å²) >= 11 is 0. The summed E-state index contributed by atoms with van der Waals surface area (Å²) in [6.07, 6.45) is 2.88. The van der Waals surface area contributed by atoms with Crippen molar-refractivity contribution in [3.8, 4) is 11.3 Å². The maximum Gasteiger partial charge on any atom is 0.132 e. The number of hydrogen-bond donors (Lipinski definition) is 1. The van der Waals surface area contributed by atoms with E-state index in [9.17, 15) is 0 Å². The van der Waals surface area contributed by atoms with Crippen molar-refractivity contribution < 1.29 is 0 Å². The van der Waals surface area contributed by atoms with E-state index in [0.717, 1.165) is 35.0 Å². The Balaban J connectivity index is 2.66. The number of aromatic nitrogens is 4. The lowest BCUT2D eigenvalue weighted by atomic mass is 10.1. The molecule has 5 heteroatoms. The minimum Gasteiger partial charge on any atom is -0.383 e. The molecule has 5 nitrogen and oxygen atoms in total. The van der Waals surface area contributed by atoms with Crippen LogP contribution < -0.4 is 5.73 Å². The molecule has 0 saturated heterocycles. The van der Waals surface area contributed by atoms with E-state index < -0.39 is 0 Å². The zero-order valence-electron chi connectivity index (χ0n) is 13.3. The largest absolute Gasteiger partial charge is 0.383 e. The molecule has 0 aliphatic rings. The van der Waals surface area contributed by atoms with Crippen LogP contribution in [0.2, 0.25) is 0 Å². The summed E-state index contributed by atoms with van der Waals surface area (Å²) in [7, 11) is 1.93. The van der Waals surface area contributed by atoms with Crippen LogP contribution in [0.3, 0.4) is 0 Å². The van der Waals surface area contributed by atoms with Crippen LogP contribution in [0.25, 0.3) is 11.3 Å². The second kappa shape index (κ2) is 5.31. The lowest BCUT2D eigenvalue weighted by Crippen LogP contribution is -2.10. The van der Waals surface area contributed by atoms with Crippen LogP contribution in [0.5, 0.6) is 0 Å². The van der Waals surface area contributed by atoms with Crippen LogP contribution in [-0.2, 0) is 13.5 Å². The summed E-state index contributed by atoms with van der Waals surface area (Å²) in [5.74, 6) is 2.13. The van der Waals surface area contributed by atoms with E-state index in [1.54, 1.807) is 0 Å². The fraction of sp³-hybridized carbons (Fsp3) is 0.600. The molecule has 0 radical (unpaired) electrons. The molecule has 110 valence electrons. The van der Waals surface area contributed by atoms with Crippen LogP contribution in [0.1, 0.15) is 58.1 Å². The first-order valence-corrected chi connectivity index (χ1v) is 7.27. The maximum atomic E-state index is 6.37. The third kappa shape index (κ3) is 2.32. The van der Waals surface area contributed by atoms with Crippen LogP contribution in [0, 0.1) is 0 Å². The van der Waals surface area contributed by atoms with E-state index in [1.165, 1.54) is 0 Å². The molecule has 0 aliphatic heterocycles. The lowest BCUT2D eigenvalue weighted by Gasteiger charge is -2.15. The van der Waals surface area contributed by atoms with Crippen molar-refractivity contribution in [1.29, 1.82) is 0 Å². The average Bonchev–Trinajstić information content (AvgIpc) is 2.89. The smallest absolute Gasteiger partial charge is 0.132 e. The number of nitrogens with two attached hydrogens (primary N) is 1. The molecule has 0 aromatic carbocycles. The van der Waals surface area contributed by atoms with Gasteiger partial charge in [-0.3, -0.25) is 4.68 Å². The van der Waals surface area contributed by atoms with E-state index in [4.69, 9.17) is 10.7 Å². The van der Waals surface area contributed by atoms with Crippen molar-refractivity contribution in [2.45, 2.75) is 53.0 Å². The molecule has 0 unspecified atom stereocenters. The minimum atomic E-state index is 0.301. The van der Waals surface area contributed by atoms with Crippen molar-refractivity contribution >= 4 is 5.82 Å². The zero-order valence-corrected chi connectivity index (χ0v) is 13.3. The molecule has 0 atom stereocenters. The number of nitrogen functional groups attached to an aromatic ring is 1. The van der Waals surface area contributed by atoms with Gasteiger partial charge in [0.25, 0.3) is 0 Å². The number of aryl methyl sites for hydroxylation is 2. The molecule has 0 aliphatic carbocycles. The number of nitrogens with zero attached hydrogens (tertiary/aromatic N) is 4. The summed E-state index contributed by atoms with van der Waals surface area (Å²) in [4.78, 5) is 4.81. The van der Waals surface area contributed by atoms with Crippen LogP contribution in [-0.4, -0.2) is 19.3 Å². The Morgan fingerprint density at radius 2 is 1.90 bits per heavy atom. The zero-order chi connectivity index (χ0) is 15.0. The first-order valence-electron chi connectivity index (χ1n) is 7.27. The van der Waals surface area contributed by atoms with Crippen molar-refractivity contribution in [3.05, 3.63) is 17.7 Å². The Hall–Kier alpha value is -1.78. The third-order valence-corrected chi connectivity index (χ3v) is 3.50. The molecule has 0 fully saturated rings. The molecule has 0 saturated carbocycles. The fourth-order valence-corrected chi connectivity index (χ4v) is 2.60. The second-order valence-corrected chi connectivity index (χ2v) is 5.84. The summed E-state index contributed by atoms with van der Waals surface area (Å²) in [5, 5.41) is 4.49. The molecule has 0 amide bonds. The Labute approximate surface area is 120 Å². The molecule has 2 aromatic heterocycles. The van der Waals surface area contributed by atoms with Gasteiger partial charge in [-0.25, -0.2) is 4.98 Å². The van der Waals surface area contributed by atoms with Gasteiger partial charge in [-0.05, 0) is 20.3 Å². The van der Waals surface area contributed by atoms with Crippen molar-refractivity contribution in [2.75, 3.05) is 5.73 Å². The Kier molecular flexibility index (Phi) is 3.88. The molecule has 2 aromatic rings. The molecule has 20 heavy (non-hydrogen) atoms. The lowest BCUT2D eigenvalue weighted by molar-refractivity contribution is 0.556. The number of imidazole rings is 1. The summed E-state index contributed by atoms with van der Waals surface area (Å²) < 4.78 is 3.96. The molecule has 2 heterocycles. The van der Waals surface area contributed by atoms with E-state index in [0.29, 0.717) is 12.0 Å². The van der Waals surface area contributed by atoms with Crippen molar-refractivity contribution in [3.63, 3.8) is 0 Å². The standard InChI is InChI=1S/C15H25N5/c1-7-12-11(8-19(6)18-12)13-14(16)20(10(4)5)15(17-13)9(2)3/h8-10H,7,16H2,1-6H3. The summed E-state index contributed by atoms with van der Waals surface area (Å²) in [6, 6.07) is 0.301. The highest BCUT2D eigenvalue weighted by molar-refractivity contribution is 5.72. The third-order valence-electron chi connectivity index (χ3n) is 3.50. The van der Waals surface area contributed by atoms with E-state index in [2.05, 4.69) is 44.3 Å². The van der Waals surface area contributed by atoms with Crippen molar-refractivity contribution in [1.82, 2.24) is 19.3 Å². The molecule has 2 rings (SSSR count). The fourth-order valence-electron chi connectivity index (χ4n) is 2.60. The Bertz CT molecular complexity index is 604. The van der Waals surface area contributed by atoms with Gasteiger partial charge in [0.1, 0.15) is 17.3 Å². The van der Waals surface area contributed by atoms with Gasteiger partial charge in [0, 0.05) is 30.8 Å². The highest BCUT2D eigenvalue weighted by Crippen LogP contribution is 2.33. The van der Waals surface area contributed by atoms with E-state index >= 15 is 0 Å². The molecular weight excluding hydrogens is 250 g/mol. The van der Waals surface area contributed by atoms with Gasteiger partial charge < -0.3 is 10.3 Å². The molecule has 0 spiro atoms. The summed E-state index contributed by atoms with van der Waals surface area (Å²) in [6.45, 7) is 10.7. The van der Waals surface area contributed by atoms with Gasteiger partial charge in [-0.15, -0.1) is 0 Å². The quantitative estimate of drug-likeness (QED) is 0.932. The minimum absolute atomic E-state index is 0.301. The maximum absolute atomic E-state index is 6.37. The average molecular weight is 275 g/mol.